The Kier molecular flexibility index (Phi) is 5.02. The Hall–Kier alpha value is -3.00. The van der Waals surface area contributed by atoms with Gasteiger partial charge in [-0.05, 0) is 41.1 Å². The Bertz CT molecular complexity index is 1220. The van der Waals surface area contributed by atoms with Crippen LogP contribution in [0.3, 0.4) is 0 Å². The van der Waals surface area contributed by atoms with E-state index < -0.39 is 0 Å². The van der Waals surface area contributed by atoms with Crippen LogP contribution >= 0.6 is 0 Å². The molecule has 4 heterocycles. The van der Waals surface area contributed by atoms with Crippen molar-refractivity contribution in [2.24, 2.45) is 0 Å². The van der Waals surface area contributed by atoms with Gasteiger partial charge in [0.25, 0.3) is 0 Å². The van der Waals surface area contributed by atoms with Gasteiger partial charge in [-0.15, -0.1) is 10.2 Å². The van der Waals surface area contributed by atoms with Crippen LogP contribution in [-0.2, 0) is 26.2 Å². The second-order valence-electron chi connectivity index (χ2n) is 9.06. The number of hydrogen-bond donors (Lipinski definition) is 2. The van der Waals surface area contributed by atoms with Crippen LogP contribution in [0.5, 0.6) is 0 Å². The van der Waals surface area contributed by atoms with Crippen molar-refractivity contribution in [1.82, 2.24) is 29.5 Å². The first-order valence-corrected chi connectivity index (χ1v) is 11.4. The lowest BCUT2D eigenvalue weighted by molar-refractivity contribution is 0.171. The van der Waals surface area contributed by atoms with Gasteiger partial charge in [0.2, 0.25) is 0 Å². The highest BCUT2D eigenvalue weighted by Gasteiger charge is 2.36. The number of benzene rings is 2. The summed E-state index contributed by atoms with van der Waals surface area (Å²) in [5, 5.41) is 20.8. The zero-order chi connectivity index (χ0) is 21.5. The molecule has 0 saturated carbocycles. The third-order valence-electron chi connectivity index (χ3n) is 6.79. The molecule has 32 heavy (non-hydrogen) atoms. The maximum absolute atomic E-state index is 10.4. The lowest BCUT2D eigenvalue weighted by Gasteiger charge is -2.30. The standard InChI is InChI=1S/C25H28N6O/c32-21-13-23(30(16-21)15-18-4-2-1-3-5-18)25-28-27-24-17-29(10-11-31(24)25)14-19-6-7-22-20(12-19)8-9-26-22/h1-9,12,21,23,26,32H,10-11,13-17H2/t21-,23+/m1/s1. The van der Waals surface area contributed by atoms with E-state index in [2.05, 4.69) is 78.1 Å². The van der Waals surface area contributed by atoms with Crippen molar-refractivity contribution in [3.63, 3.8) is 0 Å². The molecule has 2 aliphatic rings. The highest BCUT2D eigenvalue weighted by Crippen LogP contribution is 2.33. The van der Waals surface area contributed by atoms with Crippen LogP contribution < -0.4 is 0 Å². The van der Waals surface area contributed by atoms with Crippen molar-refractivity contribution in [3.05, 3.63) is 83.6 Å². The van der Waals surface area contributed by atoms with Gasteiger partial charge < -0.3 is 14.7 Å². The lowest BCUT2D eigenvalue weighted by atomic mass is 10.1. The van der Waals surface area contributed by atoms with E-state index in [4.69, 9.17) is 0 Å². The summed E-state index contributed by atoms with van der Waals surface area (Å²) in [5.74, 6) is 2.02. The van der Waals surface area contributed by atoms with Crippen molar-refractivity contribution >= 4 is 10.9 Å². The van der Waals surface area contributed by atoms with Crippen LogP contribution in [0.2, 0.25) is 0 Å². The molecule has 2 aromatic carbocycles. The summed E-state index contributed by atoms with van der Waals surface area (Å²) in [4.78, 5) is 8.04. The molecule has 0 unspecified atom stereocenters. The number of nitrogens with zero attached hydrogens (tertiary/aromatic N) is 5. The maximum atomic E-state index is 10.4. The topological polar surface area (TPSA) is 73.2 Å². The Labute approximate surface area is 187 Å². The molecular formula is C25H28N6O. The predicted octanol–water partition coefficient (Wildman–Crippen LogP) is 3.08. The minimum Gasteiger partial charge on any atom is -0.392 e. The summed E-state index contributed by atoms with van der Waals surface area (Å²) in [6.07, 6.45) is 2.38. The van der Waals surface area contributed by atoms with Gasteiger partial charge in [0.05, 0.1) is 18.7 Å². The molecule has 0 radical (unpaired) electrons. The molecule has 4 aromatic rings. The molecule has 2 N–H and O–H groups in total. The summed E-state index contributed by atoms with van der Waals surface area (Å²) in [6.45, 7) is 5.05. The number of nitrogens with one attached hydrogen (secondary N) is 1. The van der Waals surface area contributed by atoms with Gasteiger partial charge in [0.1, 0.15) is 5.82 Å². The molecule has 164 valence electrons. The normalized spacial score (nSPS) is 21.9. The molecule has 7 heteroatoms. The van der Waals surface area contributed by atoms with Gasteiger partial charge in [0, 0.05) is 44.4 Å². The number of aromatic nitrogens is 4. The molecule has 0 spiro atoms. The molecule has 6 rings (SSSR count). The number of aliphatic hydroxyl groups excluding tert-OH is 1. The summed E-state index contributed by atoms with van der Waals surface area (Å²) in [5.41, 5.74) is 3.75. The first-order valence-electron chi connectivity index (χ1n) is 11.4. The van der Waals surface area contributed by atoms with Crippen LogP contribution in [-0.4, -0.2) is 53.8 Å². The number of H-pyrrole nitrogens is 1. The number of likely N-dealkylation sites (tertiary alicyclic amines) is 1. The van der Waals surface area contributed by atoms with Crippen molar-refractivity contribution in [3.8, 4) is 0 Å². The maximum Gasteiger partial charge on any atom is 0.150 e. The van der Waals surface area contributed by atoms with Crippen molar-refractivity contribution in [2.75, 3.05) is 13.1 Å². The minimum absolute atomic E-state index is 0.106. The number of β-amino-alcohol motifs (C(OH)–C–C–N with tert-alkyl or cyclic N) is 1. The monoisotopic (exact) mass is 428 g/mol. The number of fused-ring (bicyclic) bond motifs is 2. The number of hydrogen-bond acceptors (Lipinski definition) is 5. The van der Waals surface area contributed by atoms with Crippen LogP contribution in [0.15, 0.2) is 60.8 Å². The van der Waals surface area contributed by atoms with Gasteiger partial charge in [-0.3, -0.25) is 9.80 Å². The van der Waals surface area contributed by atoms with Crippen molar-refractivity contribution < 1.29 is 5.11 Å². The third kappa shape index (κ3) is 3.72. The quantitative estimate of drug-likeness (QED) is 0.511. The molecule has 0 bridgehead atoms. The molecular weight excluding hydrogens is 400 g/mol. The van der Waals surface area contributed by atoms with E-state index >= 15 is 0 Å². The average Bonchev–Trinajstić information content (AvgIpc) is 3.52. The van der Waals surface area contributed by atoms with E-state index in [1.54, 1.807) is 0 Å². The Morgan fingerprint density at radius 2 is 1.88 bits per heavy atom. The number of rotatable bonds is 5. The SMILES string of the molecule is O[C@@H]1C[C@@H](c2nnc3n2CCN(Cc2ccc4[nH]ccc4c2)C3)N(Cc2ccccc2)C1. The van der Waals surface area contributed by atoms with Crippen LogP contribution in [0.25, 0.3) is 10.9 Å². The fraction of sp³-hybridized carbons (Fsp3) is 0.360. The minimum atomic E-state index is -0.319. The van der Waals surface area contributed by atoms with Gasteiger partial charge >= 0.3 is 0 Å². The first kappa shape index (κ1) is 19.7. The Balaban J connectivity index is 1.18. The van der Waals surface area contributed by atoms with E-state index in [0.717, 1.165) is 44.4 Å². The van der Waals surface area contributed by atoms with Gasteiger partial charge in [0.15, 0.2) is 5.82 Å². The van der Waals surface area contributed by atoms with Gasteiger partial charge in [-0.25, -0.2) is 0 Å². The number of aliphatic hydroxyl groups is 1. The van der Waals surface area contributed by atoms with Crippen molar-refractivity contribution in [1.29, 1.82) is 0 Å². The fourth-order valence-electron chi connectivity index (χ4n) is 5.21. The molecule has 2 aromatic heterocycles. The third-order valence-corrected chi connectivity index (χ3v) is 6.79. The van der Waals surface area contributed by atoms with E-state index in [1.165, 1.54) is 22.0 Å². The highest BCUT2D eigenvalue weighted by molar-refractivity contribution is 5.79. The average molecular weight is 429 g/mol. The molecule has 2 aliphatic heterocycles. The smallest absolute Gasteiger partial charge is 0.150 e. The Morgan fingerprint density at radius 3 is 2.78 bits per heavy atom. The Morgan fingerprint density at radius 1 is 0.969 bits per heavy atom. The lowest BCUT2D eigenvalue weighted by Crippen LogP contribution is -2.35. The summed E-state index contributed by atoms with van der Waals surface area (Å²) in [6, 6.07) is 19.3. The predicted molar refractivity (Wildman–Crippen MR) is 123 cm³/mol. The van der Waals surface area contributed by atoms with E-state index in [1.807, 2.05) is 12.3 Å². The second kappa shape index (κ2) is 8.16. The highest BCUT2D eigenvalue weighted by atomic mass is 16.3. The molecule has 0 aliphatic carbocycles. The molecule has 1 saturated heterocycles. The second-order valence-corrected chi connectivity index (χ2v) is 9.06. The zero-order valence-electron chi connectivity index (χ0n) is 18.1. The molecule has 0 amide bonds. The first-order chi connectivity index (χ1) is 15.7. The van der Waals surface area contributed by atoms with Crippen LogP contribution in [0, 0.1) is 0 Å². The van der Waals surface area contributed by atoms with Crippen molar-refractivity contribution in [2.45, 2.75) is 44.7 Å². The summed E-state index contributed by atoms with van der Waals surface area (Å²) < 4.78 is 2.28. The van der Waals surface area contributed by atoms with Gasteiger partial charge in [-0.2, -0.15) is 0 Å². The fourth-order valence-corrected chi connectivity index (χ4v) is 5.21. The number of aromatic amines is 1. The largest absolute Gasteiger partial charge is 0.392 e. The van der Waals surface area contributed by atoms with E-state index in [0.29, 0.717) is 13.0 Å². The van der Waals surface area contributed by atoms with Gasteiger partial charge in [-0.1, -0.05) is 36.4 Å². The molecule has 7 nitrogen and oxygen atoms in total. The molecule has 1 fully saturated rings. The van der Waals surface area contributed by atoms with Crippen LogP contribution in [0.1, 0.15) is 35.2 Å². The van der Waals surface area contributed by atoms with E-state index in [9.17, 15) is 5.11 Å². The zero-order valence-corrected chi connectivity index (χ0v) is 18.1. The molecule has 2 atom stereocenters. The summed E-state index contributed by atoms with van der Waals surface area (Å²) in [7, 11) is 0. The van der Waals surface area contributed by atoms with E-state index in [-0.39, 0.29) is 12.1 Å². The summed E-state index contributed by atoms with van der Waals surface area (Å²) >= 11 is 0. The van der Waals surface area contributed by atoms with Crippen LogP contribution in [0.4, 0.5) is 0 Å².